The average Bonchev–Trinajstić information content (AvgIpc) is 2.11. The maximum absolute atomic E-state index is 10.8. The monoisotopic (exact) mass is 188 g/mol. The molecule has 0 saturated heterocycles. The first-order valence-corrected chi connectivity index (χ1v) is 3.68. The van der Waals surface area contributed by atoms with Crippen LogP contribution in [0.25, 0.3) is 0 Å². The zero-order valence-electron chi connectivity index (χ0n) is 7.28. The Bertz CT molecular complexity index is 241. The van der Waals surface area contributed by atoms with Crippen LogP contribution in [0.1, 0.15) is 13.3 Å². The molecule has 0 saturated carbocycles. The molecule has 0 atom stereocenters. The number of carbonyl (C=O) groups excluding carboxylic acids is 2. The Balaban J connectivity index is 4.64. The highest BCUT2D eigenvalue weighted by Crippen LogP contribution is 2.08. The van der Waals surface area contributed by atoms with Crippen molar-refractivity contribution in [1.82, 2.24) is 0 Å². The summed E-state index contributed by atoms with van der Waals surface area (Å²) in [4.78, 5) is 21.6. The first-order chi connectivity index (χ1) is 6.02. The van der Waals surface area contributed by atoms with Crippen LogP contribution in [0.3, 0.4) is 0 Å². The lowest BCUT2D eigenvalue weighted by atomic mass is 10.0. The lowest BCUT2D eigenvalue weighted by Crippen LogP contribution is -2.12. The predicted octanol–water partition coefficient (Wildman–Crippen LogP) is -0.669. The van der Waals surface area contributed by atoms with Gasteiger partial charge in [-0.2, -0.15) is 0 Å². The van der Waals surface area contributed by atoms with Gasteiger partial charge in [-0.3, -0.25) is 9.59 Å². The SMILES string of the molecule is CC(=O)C(CC(=O)CO)=C(O)CO. The zero-order valence-corrected chi connectivity index (χ0v) is 7.28. The Labute approximate surface area is 75.3 Å². The van der Waals surface area contributed by atoms with Crippen LogP contribution in [0, 0.1) is 0 Å². The van der Waals surface area contributed by atoms with Gasteiger partial charge in [0.25, 0.3) is 0 Å². The van der Waals surface area contributed by atoms with Gasteiger partial charge < -0.3 is 15.3 Å². The Kier molecular flexibility index (Phi) is 4.94. The lowest BCUT2D eigenvalue weighted by molar-refractivity contribution is -0.122. The predicted molar refractivity (Wildman–Crippen MR) is 44.1 cm³/mol. The van der Waals surface area contributed by atoms with E-state index in [2.05, 4.69) is 0 Å². The van der Waals surface area contributed by atoms with Gasteiger partial charge >= 0.3 is 0 Å². The van der Waals surface area contributed by atoms with E-state index in [1.165, 1.54) is 6.92 Å². The number of hydrogen-bond donors (Lipinski definition) is 3. The van der Waals surface area contributed by atoms with Crippen molar-refractivity contribution in [2.24, 2.45) is 0 Å². The third kappa shape index (κ3) is 3.82. The number of hydrogen-bond acceptors (Lipinski definition) is 5. The molecule has 3 N–H and O–H groups in total. The van der Waals surface area contributed by atoms with E-state index in [1.807, 2.05) is 0 Å². The third-order valence-electron chi connectivity index (χ3n) is 1.47. The molecule has 0 aromatic heterocycles. The van der Waals surface area contributed by atoms with Crippen molar-refractivity contribution in [3.05, 3.63) is 11.3 Å². The maximum Gasteiger partial charge on any atom is 0.162 e. The largest absolute Gasteiger partial charge is 0.509 e. The number of carbonyl (C=O) groups is 2. The second kappa shape index (κ2) is 5.45. The van der Waals surface area contributed by atoms with Gasteiger partial charge in [-0.15, -0.1) is 0 Å². The number of rotatable bonds is 5. The van der Waals surface area contributed by atoms with Crippen molar-refractivity contribution in [2.75, 3.05) is 13.2 Å². The number of ketones is 2. The van der Waals surface area contributed by atoms with E-state index in [0.717, 1.165) is 0 Å². The van der Waals surface area contributed by atoms with Gasteiger partial charge in [-0.05, 0) is 6.92 Å². The molecule has 0 aliphatic rings. The minimum Gasteiger partial charge on any atom is -0.509 e. The number of Topliss-reactive ketones (excluding diaryl/α,β-unsaturated/α-hetero) is 2. The molecule has 0 unspecified atom stereocenters. The standard InChI is InChI=1S/C8H12O5/c1-5(11)7(8(13)4-10)2-6(12)3-9/h9-10,13H,2-4H2,1H3. The molecule has 0 rings (SSSR count). The molecule has 0 radical (unpaired) electrons. The Morgan fingerprint density at radius 1 is 1.15 bits per heavy atom. The van der Waals surface area contributed by atoms with Gasteiger partial charge in [-0.1, -0.05) is 0 Å². The van der Waals surface area contributed by atoms with Crippen molar-refractivity contribution < 1.29 is 24.9 Å². The quantitative estimate of drug-likeness (QED) is 0.393. The molecule has 0 aromatic carbocycles. The first kappa shape index (κ1) is 11.8. The fourth-order valence-electron chi connectivity index (χ4n) is 0.778. The van der Waals surface area contributed by atoms with E-state index < -0.39 is 30.5 Å². The number of aliphatic hydroxyl groups excluding tert-OH is 3. The van der Waals surface area contributed by atoms with Gasteiger partial charge in [-0.25, -0.2) is 0 Å². The summed E-state index contributed by atoms with van der Waals surface area (Å²) in [5.74, 6) is -1.59. The van der Waals surface area contributed by atoms with Gasteiger partial charge in [0.05, 0.1) is 0 Å². The first-order valence-electron chi connectivity index (χ1n) is 3.68. The molecular weight excluding hydrogens is 176 g/mol. The zero-order chi connectivity index (χ0) is 10.4. The van der Waals surface area contributed by atoms with E-state index in [-0.39, 0.29) is 12.0 Å². The molecule has 13 heavy (non-hydrogen) atoms. The molecule has 0 aliphatic heterocycles. The highest BCUT2D eigenvalue weighted by molar-refractivity contribution is 5.99. The van der Waals surface area contributed by atoms with Crippen molar-refractivity contribution in [3.8, 4) is 0 Å². The van der Waals surface area contributed by atoms with Crippen LogP contribution in [0.4, 0.5) is 0 Å². The average molecular weight is 188 g/mol. The smallest absolute Gasteiger partial charge is 0.162 e. The Morgan fingerprint density at radius 2 is 1.69 bits per heavy atom. The number of aliphatic hydroxyl groups is 3. The molecule has 0 aliphatic carbocycles. The van der Waals surface area contributed by atoms with E-state index in [4.69, 9.17) is 15.3 Å². The molecule has 0 fully saturated rings. The summed E-state index contributed by atoms with van der Waals surface area (Å²) in [5.41, 5.74) is -0.151. The molecule has 74 valence electrons. The Morgan fingerprint density at radius 3 is 2.00 bits per heavy atom. The summed E-state index contributed by atoms with van der Waals surface area (Å²) in [5, 5.41) is 25.9. The molecule has 0 bridgehead atoms. The molecule has 0 aromatic rings. The van der Waals surface area contributed by atoms with Crippen LogP contribution in [0.5, 0.6) is 0 Å². The molecule has 5 nitrogen and oxygen atoms in total. The van der Waals surface area contributed by atoms with Gasteiger partial charge in [0.2, 0.25) is 0 Å². The molecule has 5 heteroatoms. The van der Waals surface area contributed by atoms with Crippen molar-refractivity contribution in [2.45, 2.75) is 13.3 Å². The van der Waals surface area contributed by atoms with Crippen LogP contribution < -0.4 is 0 Å². The van der Waals surface area contributed by atoms with Crippen LogP contribution >= 0.6 is 0 Å². The van der Waals surface area contributed by atoms with E-state index in [0.29, 0.717) is 0 Å². The molecule has 0 amide bonds. The minimum atomic E-state index is -0.687. The second-order valence-corrected chi connectivity index (χ2v) is 2.51. The van der Waals surface area contributed by atoms with Crippen LogP contribution in [0.15, 0.2) is 11.3 Å². The summed E-state index contributed by atoms with van der Waals surface area (Å²) in [6.07, 6.45) is -0.349. The van der Waals surface area contributed by atoms with Gasteiger partial charge in [0.15, 0.2) is 11.6 Å². The fraction of sp³-hybridized carbons (Fsp3) is 0.500. The van der Waals surface area contributed by atoms with Crippen LogP contribution in [-0.4, -0.2) is 40.1 Å². The third-order valence-corrected chi connectivity index (χ3v) is 1.47. The van der Waals surface area contributed by atoms with Crippen LogP contribution in [-0.2, 0) is 9.59 Å². The van der Waals surface area contributed by atoms with E-state index in [9.17, 15) is 9.59 Å². The topological polar surface area (TPSA) is 94.8 Å². The second-order valence-electron chi connectivity index (χ2n) is 2.51. The fourth-order valence-corrected chi connectivity index (χ4v) is 0.778. The summed E-state index contributed by atoms with van der Waals surface area (Å²) in [6.45, 7) is -0.199. The van der Waals surface area contributed by atoms with Gasteiger partial charge in [0.1, 0.15) is 19.0 Å². The summed E-state index contributed by atoms with van der Waals surface area (Å²) < 4.78 is 0. The van der Waals surface area contributed by atoms with Crippen molar-refractivity contribution in [1.29, 1.82) is 0 Å². The summed E-state index contributed by atoms with van der Waals surface area (Å²) >= 11 is 0. The minimum absolute atomic E-state index is 0.151. The van der Waals surface area contributed by atoms with Crippen molar-refractivity contribution >= 4 is 11.6 Å². The summed E-state index contributed by atoms with van der Waals surface area (Å²) in [7, 11) is 0. The highest BCUT2D eigenvalue weighted by Gasteiger charge is 2.14. The van der Waals surface area contributed by atoms with Crippen LogP contribution in [0.2, 0.25) is 0 Å². The summed E-state index contributed by atoms with van der Waals surface area (Å²) in [6, 6.07) is 0. The highest BCUT2D eigenvalue weighted by atomic mass is 16.3. The number of allylic oxidation sites excluding steroid dienone is 1. The Hall–Kier alpha value is -1.20. The molecule has 0 spiro atoms. The van der Waals surface area contributed by atoms with E-state index in [1.54, 1.807) is 0 Å². The molecule has 0 heterocycles. The normalized spacial score (nSPS) is 12.2. The van der Waals surface area contributed by atoms with Gasteiger partial charge in [0, 0.05) is 12.0 Å². The van der Waals surface area contributed by atoms with E-state index >= 15 is 0 Å². The lowest BCUT2D eigenvalue weighted by Gasteiger charge is -2.03. The van der Waals surface area contributed by atoms with Crippen molar-refractivity contribution in [3.63, 3.8) is 0 Å². The molecular formula is C8H12O5. The maximum atomic E-state index is 10.8.